The van der Waals surface area contributed by atoms with Gasteiger partial charge in [-0.25, -0.2) is 0 Å². The van der Waals surface area contributed by atoms with E-state index in [0.29, 0.717) is 16.4 Å². The van der Waals surface area contributed by atoms with Crippen molar-refractivity contribution in [1.29, 1.82) is 0 Å². The summed E-state index contributed by atoms with van der Waals surface area (Å²) in [7, 11) is 1.54. The summed E-state index contributed by atoms with van der Waals surface area (Å²) in [6, 6.07) is 11.3. The largest absolute Gasteiger partial charge is 0.493 e. The molecule has 2 aromatic rings. The number of carbonyl (C=O) groups is 2. The fraction of sp³-hybridized carbons (Fsp3) is 0.182. The molecule has 1 saturated heterocycles. The van der Waals surface area contributed by atoms with Gasteiger partial charge in [0.15, 0.2) is 11.5 Å². The molecule has 148 valence electrons. The summed E-state index contributed by atoms with van der Waals surface area (Å²) in [5, 5.41) is -0.278. The van der Waals surface area contributed by atoms with E-state index in [2.05, 4.69) is 28.5 Å². The zero-order valence-electron chi connectivity index (χ0n) is 15.9. The van der Waals surface area contributed by atoms with Crippen LogP contribution in [0.2, 0.25) is 0 Å². The topological polar surface area (TPSA) is 55.8 Å². The van der Waals surface area contributed by atoms with Gasteiger partial charge in [-0.05, 0) is 76.2 Å². The Hall–Kier alpha value is -2.44. The highest BCUT2D eigenvalue weighted by Gasteiger charge is 2.35. The second-order valence-electron chi connectivity index (χ2n) is 6.22. The fourth-order valence-electron chi connectivity index (χ4n) is 2.82. The van der Waals surface area contributed by atoms with E-state index in [4.69, 9.17) is 15.9 Å². The van der Waals surface area contributed by atoms with Gasteiger partial charge in [0.05, 0.1) is 22.1 Å². The van der Waals surface area contributed by atoms with Crippen LogP contribution in [0.1, 0.15) is 16.7 Å². The number of benzene rings is 2. The van der Waals surface area contributed by atoms with E-state index < -0.39 is 0 Å². The Bertz CT molecular complexity index is 1040. The highest BCUT2D eigenvalue weighted by atomic mass is 127. The Morgan fingerprint density at radius 1 is 1.28 bits per heavy atom. The number of imide groups is 1. The van der Waals surface area contributed by atoms with Crippen molar-refractivity contribution in [2.75, 3.05) is 13.7 Å². The van der Waals surface area contributed by atoms with Crippen molar-refractivity contribution in [3.63, 3.8) is 0 Å². The van der Waals surface area contributed by atoms with Gasteiger partial charge in [-0.1, -0.05) is 30.2 Å². The van der Waals surface area contributed by atoms with E-state index in [1.54, 1.807) is 12.1 Å². The number of nitrogens with zero attached hydrogens (tertiary/aromatic N) is 1. The minimum Gasteiger partial charge on any atom is -0.493 e. The molecule has 29 heavy (non-hydrogen) atoms. The summed E-state index contributed by atoms with van der Waals surface area (Å²) < 4.78 is 11.7. The van der Waals surface area contributed by atoms with E-state index >= 15 is 0 Å². The van der Waals surface area contributed by atoms with Gasteiger partial charge in [-0.15, -0.1) is 6.42 Å². The van der Waals surface area contributed by atoms with E-state index in [0.717, 1.165) is 32.0 Å². The number of amides is 2. The van der Waals surface area contributed by atoms with Crippen LogP contribution in [-0.4, -0.2) is 29.8 Å². The second-order valence-corrected chi connectivity index (χ2v) is 8.38. The number of aryl methyl sites for hydroxylation is 1. The molecule has 7 heteroatoms. The summed E-state index contributed by atoms with van der Waals surface area (Å²) in [6.07, 6.45) is 6.95. The maximum atomic E-state index is 12.8. The van der Waals surface area contributed by atoms with Crippen molar-refractivity contribution < 1.29 is 19.1 Å². The number of thioether (sulfide) groups is 1. The third kappa shape index (κ3) is 4.77. The normalized spacial score (nSPS) is 15.0. The SMILES string of the molecule is C#CCOc1c(I)cc(/C=C2\SC(=O)N(Cc3ccccc3C)C2=O)cc1OC. The predicted octanol–water partition coefficient (Wildman–Crippen LogP) is 4.86. The Balaban J connectivity index is 1.87. The number of rotatable bonds is 6. The molecule has 0 bridgehead atoms. The lowest BCUT2D eigenvalue weighted by Crippen LogP contribution is -2.27. The van der Waals surface area contributed by atoms with Crippen LogP contribution in [0.4, 0.5) is 4.79 Å². The molecule has 0 radical (unpaired) electrons. The predicted molar refractivity (Wildman–Crippen MR) is 123 cm³/mol. The molecule has 0 aliphatic carbocycles. The molecule has 0 unspecified atom stereocenters. The van der Waals surface area contributed by atoms with Crippen molar-refractivity contribution in [1.82, 2.24) is 4.90 Å². The van der Waals surface area contributed by atoms with Gasteiger partial charge in [-0.2, -0.15) is 0 Å². The van der Waals surface area contributed by atoms with Crippen LogP contribution in [0.3, 0.4) is 0 Å². The van der Waals surface area contributed by atoms with Crippen molar-refractivity contribution in [3.8, 4) is 23.8 Å². The van der Waals surface area contributed by atoms with Crippen LogP contribution in [0, 0.1) is 22.8 Å². The highest BCUT2D eigenvalue weighted by Crippen LogP contribution is 2.37. The summed E-state index contributed by atoms with van der Waals surface area (Å²) in [5.74, 6) is 3.19. The summed E-state index contributed by atoms with van der Waals surface area (Å²) in [6.45, 7) is 2.35. The summed E-state index contributed by atoms with van der Waals surface area (Å²) >= 11 is 3.06. The number of halogens is 1. The summed E-state index contributed by atoms with van der Waals surface area (Å²) in [5.41, 5.74) is 2.72. The van der Waals surface area contributed by atoms with Gasteiger partial charge >= 0.3 is 0 Å². The monoisotopic (exact) mass is 519 g/mol. The minimum absolute atomic E-state index is 0.128. The van der Waals surface area contributed by atoms with Crippen LogP contribution >= 0.6 is 34.4 Å². The third-order valence-electron chi connectivity index (χ3n) is 4.31. The zero-order chi connectivity index (χ0) is 21.0. The van der Waals surface area contributed by atoms with Crippen LogP contribution < -0.4 is 9.47 Å². The van der Waals surface area contributed by atoms with Gasteiger partial charge < -0.3 is 9.47 Å². The van der Waals surface area contributed by atoms with Crippen molar-refractivity contribution in [3.05, 3.63) is 61.6 Å². The molecule has 3 rings (SSSR count). The van der Waals surface area contributed by atoms with E-state index in [9.17, 15) is 9.59 Å². The number of methoxy groups -OCH3 is 1. The number of hydrogen-bond donors (Lipinski definition) is 0. The number of terminal acetylenes is 1. The first-order valence-corrected chi connectivity index (χ1v) is 10.6. The first-order chi connectivity index (χ1) is 13.9. The number of hydrogen-bond acceptors (Lipinski definition) is 5. The van der Waals surface area contributed by atoms with Crippen LogP contribution in [0.25, 0.3) is 6.08 Å². The smallest absolute Gasteiger partial charge is 0.293 e. The number of ether oxygens (including phenoxy) is 2. The molecule has 1 heterocycles. The van der Waals surface area contributed by atoms with Crippen LogP contribution in [0.15, 0.2) is 41.3 Å². The molecular formula is C22H18INO4S. The molecule has 1 aliphatic rings. The highest BCUT2D eigenvalue weighted by molar-refractivity contribution is 14.1. The Morgan fingerprint density at radius 2 is 2.03 bits per heavy atom. The molecule has 1 fully saturated rings. The van der Waals surface area contributed by atoms with Crippen molar-refractivity contribution in [2.24, 2.45) is 0 Å². The third-order valence-corrected chi connectivity index (χ3v) is 6.02. The molecule has 0 spiro atoms. The number of carbonyl (C=O) groups excluding carboxylic acids is 2. The molecular weight excluding hydrogens is 501 g/mol. The van der Waals surface area contributed by atoms with Gasteiger partial charge in [0.1, 0.15) is 6.61 Å². The van der Waals surface area contributed by atoms with Gasteiger partial charge in [0.25, 0.3) is 11.1 Å². The molecule has 2 aromatic carbocycles. The molecule has 0 aromatic heterocycles. The first kappa shape index (κ1) is 21.3. The van der Waals surface area contributed by atoms with Crippen LogP contribution in [0.5, 0.6) is 11.5 Å². The van der Waals surface area contributed by atoms with Gasteiger partial charge in [0, 0.05) is 0 Å². The van der Waals surface area contributed by atoms with Gasteiger partial charge in [-0.3, -0.25) is 14.5 Å². The standard InChI is InChI=1S/C22H18INO4S/c1-4-9-28-20-17(23)10-15(11-18(20)27-3)12-19-21(25)24(22(26)29-19)13-16-8-6-5-7-14(16)2/h1,5-8,10-12H,9,13H2,2-3H3/b19-12-. The molecule has 1 aliphatic heterocycles. The molecule has 0 atom stereocenters. The fourth-order valence-corrected chi connectivity index (χ4v) is 4.44. The van der Waals surface area contributed by atoms with E-state index in [1.807, 2.05) is 37.3 Å². The molecule has 5 nitrogen and oxygen atoms in total. The first-order valence-electron chi connectivity index (χ1n) is 8.68. The maximum absolute atomic E-state index is 12.8. The van der Waals surface area contributed by atoms with Crippen molar-refractivity contribution in [2.45, 2.75) is 13.5 Å². The average molecular weight is 519 g/mol. The Morgan fingerprint density at radius 3 is 2.72 bits per heavy atom. The van der Waals surface area contributed by atoms with Crippen molar-refractivity contribution >= 4 is 51.6 Å². The molecule has 0 saturated carbocycles. The maximum Gasteiger partial charge on any atom is 0.293 e. The average Bonchev–Trinajstić information content (AvgIpc) is 2.95. The molecule has 2 amide bonds. The zero-order valence-corrected chi connectivity index (χ0v) is 18.9. The van der Waals surface area contributed by atoms with E-state index in [1.165, 1.54) is 12.0 Å². The Labute approximate surface area is 187 Å². The lowest BCUT2D eigenvalue weighted by atomic mass is 10.1. The summed E-state index contributed by atoms with van der Waals surface area (Å²) in [4.78, 5) is 26.9. The van der Waals surface area contributed by atoms with E-state index in [-0.39, 0.29) is 24.3 Å². The lowest BCUT2D eigenvalue weighted by molar-refractivity contribution is -0.123. The van der Waals surface area contributed by atoms with Gasteiger partial charge in [0.2, 0.25) is 0 Å². The van der Waals surface area contributed by atoms with Crippen LogP contribution in [-0.2, 0) is 11.3 Å². The molecule has 0 N–H and O–H groups in total. The lowest BCUT2D eigenvalue weighted by Gasteiger charge is -2.14. The quantitative estimate of drug-likeness (QED) is 0.310. The minimum atomic E-state index is -0.301. The Kier molecular flexibility index (Phi) is 6.87. The second kappa shape index (κ2) is 9.37.